The average Bonchev–Trinajstić information content (AvgIpc) is 2.57. The molecule has 18 heavy (non-hydrogen) atoms. The molecular weight excluding hydrogens is 250 g/mol. The summed E-state index contributed by atoms with van der Waals surface area (Å²) >= 11 is 6.11. The van der Waals surface area contributed by atoms with E-state index in [9.17, 15) is 5.11 Å². The zero-order valence-electron chi connectivity index (χ0n) is 11.9. The van der Waals surface area contributed by atoms with Gasteiger partial charge in [0.05, 0.1) is 16.9 Å². The van der Waals surface area contributed by atoms with Crippen LogP contribution in [0.4, 0.5) is 0 Å². The third-order valence-corrected chi connectivity index (χ3v) is 3.15. The lowest BCUT2D eigenvalue weighted by Gasteiger charge is -2.27. The molecule has 0 aliphatic carbocycles. The monoisotopic (exact) mass is 273 g/mol. The maximum Gasteiger partial charge on any atom is 0.106 e. The van der Waals surface area contributed by atoms with Crippen LogP contribution >= 0.6 is 11.6 Å². The number of nitrogens with one attached hydrogen (secondary N) is 1. The summed E-state index contributed by atoms with van der Waals surface area (Å²) in [6.45, 7) is 11.5. The zero-order chi connectivity index (χ0) is 14.0. The molecule has 1 aromatic heterocycles. The van der Waals surface area contributed by atoms with Gasteiger partial charge in [-0.3, -0.25) is 4.68 Å². The highest BCUT2D eigenvalue weighted by atomic mass is 35.5. The lowest BCUT2D eigenvalue weighted by molar-refractivity contribution is 0.0373. The molecule has 0 amide bonds. The van der Waals surface area contributed by atoms with Gasteiger partial charge in [0.15, 0.2) is 0 Å². The molecule has 1 atom stereocenters. The van der Waals surface area contributed by atoms with Crippen molar-refractivity contribution < 1.29 is 5.11 Å². The van der Waals surface area contributed by atoms with Crippen LogP contribution in [0.5, 0.6) is 0 Å². The van der Waals surface area contributed by atoms with Crippen molar-refractivity contribution in [3.05, 3.63) is 16.9 Å². The Kier molecular flexibility index (Phi) is 4.81. The van der Waals surface area contributed by atoms with Gasteiger partial charge < -0.3 is 10.4 Å². The second kappa shape index (κ2) is 5.59. The van der Waals surface area contributed by atoms with Crippen LogP contribution in [-0.4, -0.2) is 27.0 Å². The van der Waals surface area contributed by atoms with Crippen molar-refractivity contribution in [3.8, 4) is 0 Å². The fraction of sp³-hybridized carbons (Fsp3) is 0.769. The molecule has 0 aliphatic heterocycles. The summed E-state index contributed by atoms with van der Waals surface area (Å²) in [4.78, 5) is 0. The summed E-state index contributed by atoms with van der Waals surface area (Å²) in [6, 6.07) is 0. The third-order valence-electron chi connectivity index (χ3n) is 2.87. The molecule has 1 aromatic rings. The number of halogens is 1. The topological polar surface area (TPSA) is 50.1 Å². The van der Waals surface area contributed by atoms with Crippen molar-refractivity contribution in [3.63, 3.8) is 0 Å². The lowest BCUT2D eigenvalue weighted by atomic mass is 9.97. The first-order chi connectivity index (χ1) is 8.17. The van der Waals surface area contributed by atoms with Gasteiger partial charge >= 0.3 is 0 Å². The van der Waals surface area contributed by atoms with Crippen molar-refractivity contribution in [2.24, 2.45) is 0 Å². The third kappa shape index (κ3) is 3.97. The Hall–Kier alpha value is -0.580. The summed E-state index contributed by atoms with van der Waals surface area (Å²) in [5.41, 5.74) is -0.227. The highest BCUT2D eigenvalue weighted by molar-refractivity contribution is 6.31. The van der Waals surface area contributed by atoms with Crippen LogP contribution in [0.2, 0.25) is 5.02 Å². The van der Waals surface area contributed by atoms with Crippen LogP contribution in [0.1, 0.15) is 46.7 Å². The van der Waals surface area contributed by atoms with Gasteiger partial charge in [0.2, 0.25) is 0 Å². The Morgan fingerprint density at radius 2 is 2.00 bits per heavy atom. The van der Waals surface area contributed by atoms with Crippen LogP contribution in [0.15, 0.2) is 6.20 Å². The molecule has 0 radical (unpaired) electrons. The molecule has 0 bridgehead atoms. The molecule has 5 heteroatoms. The molecule has 1 heterocycles. The molecule has 1 unspecified atom stereocenters. The molecule has 1 rings (SSSR count). The van der Waals surface area contributed by atoms with Gasteiger partial charge in [-0.05, 0) is 47.6 Å². The maximum absolute atomic E-state index is 10.6. The molecule has 104 valence electrons. The van der Waals surface area contributed by atoms with Gasteiger partial charge in [-0.2, -0.15) is 5.10 Å². The van der Waals surface area contributed by atoms with Crippen LogP contribution in [0.25, 0.3) is 0 Å². The van der Waals surface area contributed by atoms with Crippen LogP contribution in [-0.2, 0) is 12.1 Å². The van der Waals surface area contributed by atoms with Gasteiger partial charge in [-0.25, -0.2) is 0 Å². The first-order valence-electron chi connectivity index (χ1n) is 6.36. The Morgan fingerprint density at radius 3 is 2.50 bits per heavy atom. The Labute approximate surface area is 114 Å². The van der Waals surface area contributed by atoms with Gasteiger partial charge in [-0.1, -0.05) is 11.6 Å². The fourth-order valence-electron chi connectivity index (χ4n) is 1.94. The maximum atomic E-state index is 10.6. The average molecular weight is 274 g/mol. The highest BCUT2D eigenvalue weighted by Gasteiger charge is 2.30. The van der Waals surface area contributed by atoms with Crippen molar-refractivity contribution >= 4 is 11.6 Å². The number of nitrogens with zero attached hydrogens (tertiary/aromatic N) is 2. The van der Waals surface area contributed by atoms with E-state index in [1.54, 1.807) is 17.8 Å². The van der Waals surface area contributed by atoms with E-state index in [1.165, 1.54) is 0 Å². The minimum absolute atomic E-state index is 0.0465. The quantitative estimate of drug-likeness (QED) is 0.867. The zero-order valence-corrected chi connectivity index (χ0v) is 12.7. The van der Waals surface area contributed by atoms with Crippen molar-refractivity contribution in [1.82, 2.24) is 15.1 Å². The molecule has 0 saturated carbocycles. The summed E-state index contributed by atoms with van der Waals surface area (Å²) < 4.78 is 1.75. The van der Waals surface area contributed by atoms with Gasteiger partial charge in [0, 0.05) is 12.1 Å². The standard InChI is InChI=1S/C13H24ClN3O/c1-6-17-11(10(14)9-16-17)13(5,18)7-8-15-12(2,3)4/h9,15,18H,6-8H2,1-5H3. The molecule has 0 saturated heterocycles. The summed E-state index contributed by atoms with van der Waals surface area (Å²) in [5.74, 6) is 0. The van der Waals surface area contributed by atoms with E-state index in [0.717, 1.165) is 6.54 Å². The lowest BCUT2D eigenvalue weighted by Crippen LogP contribution is -2.39. The van der Waals surface area contributed by atoms with Crippen molar-refractivity contribution in [1.29, 1.82) is 0 Å². The van der Waals surface area contributed by atoms with Gasteiger partial charge in [0.1, 0.15) is 5.60 Å². The molecule has 0 spiro atoms. The predicted octanol–water partition coefficient (Wildman–Crippen LogP) is 2.54. The Morgan fingerprint density at radius 1 is 1.39 bits per heavy atom. The van der Waals surface area contributed by atoms with E-state index >= 15 is 0 Å². The Balaban J connectivity index is 2.76. The highest BCUT2D eigenvalue weighted by Crippen LogP contribution is 2.30. The van der Waals surface area contributed by atoms with E-state index in [1.807, 2.05) is 6.92 Å². The minimum atomic E-state index is -0.970. The number of aromatic nitrogens is 2. The number of aryl methyl sites for hydroxylation is 1. The van der Waals surface area contributed by atoms with Gasteiger partial charge in [-0.15, -0.1) is 0 Å². The van der Waals surface area contributed by atoms with Crippen LogP contribution in [0, 0.1) is 0 Å². The molecule has 0 aliphatic rings. The molecule has 4 nitrogen and oxygen atoms in total. The number of hydrogen-bond donors (Lipinski definition) is 2. The largest absolute Gasteiger partial charge is 0.384 e. The Bertz CT molecular complexity index is 393. The SMILES string of the molecule is CCn1ncc(Cl)c1C(C)(O)CCNC(C)(C)C. The molecular formula is C13H24ClN3O. The van der Waals surface area contributed by atoms with Crippen molar-refractivity contribution in [2.75, 3.05) is 6.54 Å². The van der Waals surface area contributed by atoms with E-state index in [4.69, 9.17) is 11.6 Å². The summed E-state index contributed by atoms with van der Waals surface area (Å²) in [7, 11) is 0. The first kappa shape index (κ1) is 15.5. The van der Waals surface area contributed by atoms with E-state index in [0.29, 0.717) is 23.7 Å². The smallest absolute Gasteiger partial charge is 0.106 e. The predicted molar refractivity (Wildman–Crippen MR) is 74.9 cm³/mol. The minimum Gasteiger partial charge on any atom is -0.384 e. The number of aliphatic hydroxyl groups is 1. The first-order valence-corrected chi connectivity index (χ1v) is 6.74. The summed E-state index contributed by atoms with van der Waals surface area (Å²) in [5, 5.41) is 18.6. The van der Waals surface area contributed by atoms with E-state index < -0.39 is 5.60 Å². The molecule has 0 aromatic carbocycles. The van der Waals surface area contributed by atoms with Crippen LogP contribution in [0.3, 0.4) is 0 Å². The second-order valence-electron chi connectivity index (χ2n) is 5.86. The number of rotatable bonds is 5. The second-order valence-corrected chi connectivity index (χ2v) is 6.26. The van der Waals surface area contributed by atoms with Crippen molar-refractivity contribution in [2.45, 2.75) is 58.7 Å². The van der Waals surface area contributed by atoms with E-state index in [-0.39, 0.29) is 5.54 Å². The molecule has 2 N–H and O–H groups in total. The fourth-order valence-corrected chi connectivity index (χ4v) is 2.28. The van der Waals surface area contributed by atoms with Crippen LogP contribution < -0.4 is 5.32 Å². The number of hydrogen-bond acceptors (Lipinski definition) is 3. The molecule has 0 fully saturated rings. The van der Waals surface area contributed by atoms with E-state index in [2.05, 4.69) is 31.2 Å². The summed E-state index contributed by atoms with van der Waals surface area (Å²) in [6.07, 6.45) is 2.18. The van der Waals surface area contributed by atoms with Gasteiger partial charge in [0.25, 0.3) is 0 Å². The normalized spacial score (nSPS) is 15.7.